The number of piperazine rings is 1. The Kier molecular flexibility index (Phi) is 6.55. The fourth-order valence-corrected chi connectivity index (χ4v) is 3.81. The summed E-state index contributed by atoms with van der Waals surface area (Å²) in [6.45, 7) is 12.2. The van der Waals surface area contributed by atoms with Crippen molar-refractivity contribution in [3.05, 3.63) is 0 Å². The monoisotopic (exact) mass is 393 g/mol. The molecule has 0 spiro atoms. The molecule has 1 atom stereocenters. The highest BCUT2D eigenvalue weighted by molar-refractivity contribution is 14.1. The van der Waals surface area contributed by atoms with Crippen LogP contribution >= 0.6 is 22.6 Å². The predicted molar refractivity (Wildman–Crippen MR) is 91.1 cm³/mol. The number of likely N-dealkylation sites (tertiary alicyclic amines) is 1. The van der Waals surface area contributed by atoms with Crippen LogP contribution in [-0.4, -0.2) is 70.5 Å². The Morgan fingerprint density at radius 2 is 1.75 bits per heavy atom. The summed E-state index contributed by atoms with van der Waals surface area (Å²) in [4.78, 5) is 18.9. The van der Waals surface area contributed by atoms with Gasteiger partial charge in [0.15, 0.2) is 0 Å². The maximum atomic E-state index is 11.7. The third-order valence-electron chi connectivity index (χ3n) is 4.70. The quantitative estimate of drug-likeness (QED) is 0.416. The summed E-state index contributed by atoms with van der Waals surface area (Å²) in [7, 11) is 0. The lowest BCUT2D eigenvalue weighted by atomic mass is 9.95. The zero-order valence-electron chi connectivity index (χ0n) is 12.9. The maximum Gasteiger partial charge on any atom is 0.222 e. The van der Waals surface area contributed by atoms with Gasteiger partial charge in [0, 0.05) is 52.2 Å². The summed E-state index contributed by atoms with van der Waals surface area (Å²) >= 11 is 2.51. The molecule has 20 heavy (non-hydrogen) atoms. The van der Waals surface area contributed by atoms with E-state index in [1.165, 1.54) is 45.6 Å². The zero-order valence-corrected chi connectivity index (χ0v) is 15.0. The Balaban J connectivity index is 1.68. The van der Waals surface area contributed by atoms with E-state index >= 15 is 0 Å². The van der Waals surface area contributed by atoms with Crippen molar-refractivity contribution in [2.24, 2.45) is 5.92 Å². The first-order valence-corrected chi connectivity index (χ1v) is 9.23. The molecule has 1 amide bonds. The average molecular weight is 393 g/mol. The van der Waals surface area contributed by atoms with Gasteiger partial charge in [-0.2, -0.15) is 0 Å². The molecule has 0 saturated carbocycles. The molecule has 0 bridgehead atoms. The lowest BCUT2D eigenvalue weighted by Gasteiger charge is -2.39. The molecule has 0 aromatic rings. The largest absolute Gasteiger partial charge is 0.343 e. The summed E-state index contributed by atoms with van der Waals surface area (Å²) in [5.41, 5.74) is 0. The smallest absolute Gasteiger partial charge is 0.222 e. The van der Waals surface area contributed by atoms with Crippen LogP contribution in [0.3, 0.4) is 0 Å². The van der Waals surface area contributed by atoms with Gasteiger partial charge in [0.05, 0.1) is 4.05 Å². The van der Waals surface area contributed by atoms with Crippen molar-refractivity contribution in [2.45, 2.75) is 37.2 Å². The number of carbonyl (C=O) groups excluding carboxylic acids is 1. The number of hydrogen-bond acceptors (Lipinski definition) is 3. The standard InChI is InChI=1S/C15H28IN3O/c1-3-15(20)19-6-4-14(5-7-19)12-17-8-10-18(11-9-17)13(2)16/h13-14H,3-12H2,1-2H3. The van der Waals surface area contributed by atoms with E-state index in [-0.39, 0.29) is 0 Å². The van der Waals surface area contributed by atoms with Gasteiger partial charge < -0.3 is 9.80 Å². The normalized spacial score (nSPS) is 24.9. The average Bonchev–Trinajstić information content (AvgIpc) is 2.48. The molecule has 2 heterocycles. The lowest BCUT2D eigenvalue weighted by Crippen LogP contribution is -2.50. The Hall–Kier alpha value is 0.120. The molecule has 0 aromatic heterocycles. The zero-order chi connectivity index (χ0) is 14.5. The molecule has 0 radical (unpaired) electrons. The first-order valence-electron chi connectivity index (χ1n) is 7.98. The number of rotatable bonds is 4. The molecule has 116 valence electrons. The number of nitrogens with zero attached hydrogens (tertiary/aromatic N) is 3. The molecule has 2 rings (SSSR count). The Bertz CT molecular complexity index is 308. The van der Waals surface area contributed by atoms with Crippen molar-refractivity contribution >= 4 is 28.5 Å². The van der Waals surface area contributed by atoms with E-state index < -0.39 is 0 Å². The van der Waals surface area contributed by atoms with E-state index in [1.807, 2.05) is 11.8 Å². The molecule has 1 unspecified atom stereocenters. The van der Waals surface area contributed by atoms with Crippen molar-refractivity contribution in [1.29, 1.82) is 0 Å². The van der Waals surface area contributed by atoms with Crippen molar-refractivity contribution in [2.75, 3.05) is 45.8 Å². The fourth-order valence-electron chi connectivity index (χ4n) is 3.26. The van der Waals surface area contributed by atoms with E-state index in [0.717, 1.165) is 19.0 Å². The fraction of sp³-hybridized carbons (Fsp3) is 0.933. The van der Waals surface area contributed by atoms with Gasteiger partial charge in [0.2, 0.25) is 5.91 Å². The third-order valence-corrected chi connectivity index (χ3v) is 5.48. The van der Waals surface area contributed by atoms with Gasteiger partial charge in [-0.25, -0.2) is 0 Å². The lowest BCUT2D eigenvalue weighted by molar-refractivity contribution is -0.132. The molecule has 2 aliphatic rings. The highest BCUT2D eigenvalue weighted by atomic mass is 127. The number of carbonyl (C=O) groups is 1. The first kappa shape index (κ1) is 16.5. The van der Waals surface area contributed by atoms with Crippen LogP contribution in [0.25, 0.3) is 0 Å². The van der Waals surface area contributed by atoms with Crippen molar-refractivity contribution in [3.8, 4) is 0 Å². The highest BCUT2D eigenvalue weighted by Crippen LogP contribution is 2.20. The maximum absolute atomic E-state index is 11.7. The van der Waals surface area contributed by atoms with Crippen LogP contribution in [0, 0.1) is 5.92 Å². The van der Waals surface area contributed by atoms with Crippen molar-refractivity contribution < 1.29 is 4.79 Å². The topological polar surface area (TPSA) is 26.8 Å². The van der Waals surface area contributed by atoms with Crippen LogP contribution in [0.15, 0.2) is 0 Å². The molecule has 2 aliphatic heterocycles. The SMILES string of the molecule is CCC(=O)N1CCC(CN2CCN(C(C)I)CC2)CC1. The summed E-state index contributed by atoms with van der Waals surface area (Å²) in [5, 5.41) is 0. The van der Waals surface area contributed by atoms with Crippen LogP contribution < -0.4 is 0 Å². The minimum absolute atomic E-state index is 0.327. The highest BCUT2D eigenvalue weighted by Gasteiger charge is 2.25. The molecule has 0 aromatic carbocycles. The molecule has 0 aliphatic carbocycles. The minimum atomic E-state index is 0.327. The van der Waals surface area contributed by atoms with Crippen LogP contribution in [0.5, 0.6) is 0 Å². The van der Waals surface area contributed by atoms with E-state index in [1.54, 1.807) is 0 Å². The number of amides is 1. The molecular weight excluding hydrogens is 365 g/mol. The second-order valence-corrected chi connectivity index (χ2v) is 7.89. The second-order valence-electron chi connectivity index (χ2n) is 6.09. The van der Waals surface area contributed by atoms with E-state index in [4.69, 9.17) is 0 Å². The summed E-state index contributed by atoms with van der Waals surface area (Å²) in [5.74, 6) is 1.12. The van der Waals surface area contributed by atoms with Crippen LogP contribution in [0.4, 0.5) is 0 Å². The van der Waals surface area contributed by atoms with Gasteiger partial charge in [0.1, 0.15) is 0 Å². The van der Waals surface area contributed by atoms with Crippen LogP contribution in [0.1, 0.15) is 33.1 Å². The molecular formula is C15H28IN3O. The van der Waals surface area contributed by atoms with E-state index in [0.29, 0.717) is 16.4 Å². The van der Waals surface area contributed by atoms with E-state index in [9.17, 15) is 4.79 Å². The van der Waals surface area contributed by atoms with Crippen molar-refractivity contribution in [3.63, 3.8) is 0 Å². The summed E-state index contributed by atoms with van der Waals surface area (Å²) in [6, 6.07) is 0. The molecule has 2 saturated heterocycles. The number of halogens is 1. The Morgan fingerprint density at radius 3 is 2.25 bits per heavy atom. The summed E-state index contributed by atoms with van der Waals surface area (Å²) in [6.07, 6.45) is 3.03. The molecule has 2 fully saturated rings. The third kappa shape index (κ3) is 4.56. The first-order chi connectivity index (χ1) is 9.60. The van der Waals surface area contributed by atoms with Crippen molar-refractivity contribution in [1.82, 2.24) is 14.7 Å². The van der Waals surface area contributed by atoms with Crippen LogP contribution in [-0.2, 0) is 4.79 Å². The van der Waals surface area contributed by atoms with E-state index in [2.05, 4.69) is 39.3 Å². The van der Waals surface area contributed by atoms with Gasteiger partial charge in [-0.05, 0) is 25.7 Å². The number of alkyl halides is 1. The molecule has 0 N–H and O–H groups in total. The number of hydrogen-bond donors (Lipinski definition) is 0. The van der Waals surface area contributed by atoms with Gasteiger partial charge in [-0.15, -0.1) is 0 Å². The second kappa shape index (κ2) is 7.94. The molecule has 4 nitrogen and oxygen atoms in total. The Labute approximate surface area is 137 Å². The molecule has 5 heteroatoms. The van der Waals surface area contributed by atoms with Gasteiger partial charge in [-0.1, -0.05) is 29.5 Å². The number of piperidine rings is 1. The van der Waals surface area contributed by atoms with Gasteiger partial charge in [-0.3, -0.25) is 9.69 Å². The van der Waals surface area contributed by atoms with Gasteiger partial charge >= 0.3 is 0 Å². The Morgan fingerprint density at radius 1 is 1.15 bits per heavy atom. The van der Waals surface area contributed by atoms with Crippen LogP contribution in [0.2, 0.25) is 0 Å². The predicted octanol–water partition coefficient (Wildman–Crippen LogP) is 2.03. The minimum Gasteiger partial charge on any atom is -0.343 e. The van der Waals surface area contributed by atoms with Gasteiger partial charge in [0.25, 0.3) is 0 Å². The summed E-state index contributed by atoms with van der Waals surface area (Å²) < 4.78 is 0.651.